The highest BCUT2D eigenvalue weighted by Crippen LogP contribution is 2.38. The summed E-state index contributed by atoms with van der Waals surface area (Å²) in [6.45, 7) is 0. The van der Waals surface area contributed by atoms with Crippen molar-refractivity contribution >= 4 is 37.4 Å². The van der Waals surface area contributed by atoms with Crippen LogP contribution in [0.15, 0.2) is 28.7 Å². The van der Waals surface area contributed by atoms with E-state index < -0.39 is 26.6 Å². The SMILES string of the molecule is CS(=O)(=O)C1CCCC1(Nc1ccc(Br)cc1)C(=O)O. The predicted octanol–water partition coefficient (Wildman–Crippen LogP) is 2.28. The Hall–Kier alpha value is -1.08. The quantitative estimate of drug-likeness (QED) is 0.859. The van der Waals surface area contributed by atoms with Crippen LogP contribution in [0.4, 0.5) is 5.69 Å². The Bertz CT molecular complexity index is 614. The molecule has 1 aromatic carbocycles. The van der Waals surface area contributed by atoms with Crippen LogP contribution in [0.5, 0.6) is 0 Å². The summed E-state index contributed by atoms with van der Waals surface area (Å²) in [7, 11) is -3.44. The van der Waals surface area contributed by atoms with Gasteiger partial charge in [-0.3, -0.25) is 0 Å². The van der Waals surface area contributed by atoms with Crippen LogP contribution in [0.1, 0.15) is 19.3 Å². The number of halogens is 1. The number of nitrogens with one attached hydrogen (secondary N) is 1. The van der Waals surface area contributed by atoms with Crippen molar-refractivity contribution in [1.82, 2.24) is 0 Å². The average Bonchev–Trinajstić information content (AvgIpc) is 2.77. The molecule has 0 radical (unpaired) electrons. The standard InChI is InChI=1S/C13H16BrNO4S/c1-20(18,19)11-3-2-8-13(11,12(16)17)15-10-6-4-9(14)5-7-10/h4-7,11,15H,2-3,8H2,1H3,(H,16,17). The monoisotopic (exact) mass is 361 g/mol. The predicted molar refractivity (Wildman–Crippen MR) is 80.6 cm³/mol. The maximum Gasteiger partial charge on any atom is 0.330 e. The molecule has 5 nitrogen and oxygen atoms in total. The second kappa shape index (κ2) is 5.37. The van der Waals surface area contributed by atoms with Gasteiger partial charge in [0.15, 0.2) is 15.4 Å². The van der Waals surface area contributed by atoms with Gasteiger partial charge in [0, 0.05) is 16.4 Å². The van der Waals surface area contributed by atoms with Crippen molar-refractivity contribution in [3.63, 3.8) is 0 Å². The van der Waals surface area contributed by atoms with Gasteiger partial charge >= 0.3 is 5.97 Å². The third-order valence-corrected chi connectivity index (χ3v) is 5.90. The number of carbonyl (C=O) groups is 1. The molecule has 2 atom stereocenters. The lowest BCUT2D eigenvalue weighted by molar-refractivity contribution is -0.141. The Morgan fingerprint density at radius 2 is 2.00 bits per heavy atom. The van der Waals surface area contributed by atoms with E-state index in [9.17, 15) is 18.3 Å². The number of carboxylic acids is 1. The Kier molecular flexibility index (Phi) is 4.11. The van der Waals surface area contributed by atoms with E-state index in [1.165, 1.54) is 0 Å². The molecule has 1 fully saturated rings. The van der Waals surface area contributed by atoms with Crippen molar-refractivity contribution in [1.29, 1.82) is 0 Å². The second-order valence-corrected chi connectivity index (χ2v) is 8.26. The zero-order valence-corrected chi connectivity index (χ0v) is 13.4. The van der Waals surface area contributed by atoms with Crippen molar-refractivity contribution in [2.75, 3.05) is 11.6 Å². The molecule has 0 heterocycles. The smallest absolute Gasteiger partial charge is 0.330 e. The van der Waals surface area contributed by atoms with E-state index >= 15 is 0 Å². The minimum atomic E-state index is -3.44. The lowest BCUT2D eigenvalue weighted by Crippen LogP contribution is -2.55. The summed E-state index contributed by atoms with van der Waals surface area (Å²) in [4.78, 5) is 11.7. The first-order valence-electron chi connectivity index (χ1n) is 6.22. The molecule has 1 aliphatic rings. The molecule has 0 aromatic heterocycles. The van der Waals surface area contributed by atoms with Crippen molar-refractivity contribution in [2.45, 2.75) is 30.1 Å². The normalized spacial score (nSPS) is 26.4. The summed E-state index contributed by atoms with van der Waals surface area (Å²) >= 11 is 3.30. The molecule has 1 aromatic rings. The maximum atomic E-state index is 11.9. The largest absolute Gasteiger partial charge is 0.479 e. The molecule has 20 heavy (non-hydrogen) atoms. The molecule has 0 amide bonds. The molecule has 0 bridgehead atoms. The van der Waals surface area contributed by atoms with E-state index in [1.54, 1.807) is 24.3 Å². The van der Waals surface area contributed by atoms with Crippen LogP contribution < -0.4 is 5.32 Å². The fourth-order valence-corrected chi connectivity index (χ4v) is 4.65. The molecule has 1 saturated carbocycles. The van der Waals surface area contributed by atoms with Crippen molar-refractivity contribution in [3.05, 3.63) is 28.7 Å². The average molecular weight is 362 g/mol. The number of benzene rings is 1. The molecule has 110 valence electrons. The Morgan fingerprint density at radius 3 is 2.50 bits per heavy atom. The number of rotatable bonds is 4. The van der Waals surface area contributed by atoms with Gasteiger partial charge in [0.1, 0.15) is 0 Å². The molecular formula is C13H16BrNO4S. The van der Waals surface area contributed by atoms with E-state index in [-0.39, 0.29) is 0 Å². The summed E-state index contributed by atoms with van der Waals surface area (Å²) in [5.74, 6) is -1.12. The van der Waals surface area contributed by atoms with Crippen LogP contribution in [0.25, 0.3) is 0 Å². The number of carboxylic acid groups (broad SMARTS) is 1. The molecular weight excluding hydrogens is 346 g/mol. The van der Waals surface area contributed by atoms with Gasteiger partial charge in [0.2, 0.25) is 0 Å². The number of hydrogen-bond donors (Lipinski definition) is 2. The zero-order chi connectivity index (χ0) is 15.0. The van der Waals surface area contributed by atoms with Crippen LogP contribution in [0.2, 0.25) is 0 Å². The molecule has 0 saturated heterocycles. The minimum Gasteiger partial charge on any atom is -0.479 e. The number of hydrogen-bond acceptors (Lipinski definition) is 4. The fraction of sp³-hybridized carbons (Fsp3) is 0.462. The highest BCUT2D eigenvalue weighted by atomic mass is 79.9. The van der Waals surface area contributed by atoms with Gasteiger partial charge in [-0.15, -0.1) is 0 Å². The molecule has 0 aliphatic heterocycles. The molecule has 0 spiro atoms. The lowest BCUT2D eigenvalue weighted by atomic mass is 9.96. The Labute approximate surface area is 126 Å². The zero-order valence-electron chi connectivity index (χ0n) is 11.0. The van der Waals surface area contributed by atoms with Gasteiger partial charge in [-0.1, -0.05) is 15.9 Å². The Balaban J connectivity index is 2.40. The molecule has 2 N–H and O–H groups in total. The summed E-state index contributed by atoms with van der Waals surface area (Å²) in [6, 6.07) is 7.02. The van der Waals surface area contributed by atoms with Crippen molar-refractivity contribution in [2.24, 2.45) is 0 Å². The van der Waals surface area contributed by atoms with Gasteiger partial charge in [0.05, 0.1) is 5.25 Å². The third kappa shape index (κ3) is 2.83. The van der Waals surface area contributed by atoms with E-state index in [2.05, 4.69) is 21.2 Å². The minimum absolute atomic E-state index is 0.302. The van der Waals surface area contributed by atoms with Gasteiger partial charge in [-0.25, -0.2) is 13.2 Å². The summed E-state index contributed by atoms with van der Waals surface area (Å²) in [6.07, 6.45) is 2.35. The van der Waals surface area contributed by atoms with E-state index in [4.69, 9.17) is 0 Å². The lowest BCUT2D eigenvalue weighted by Gasteiger charge is -2.32. The van der Waals surface area contributed by atoms with Crippen LogP contribution in [-0.4, -0.2) is 36.5 Å². The van der Waals surface area contributed by atoms with Crippen molar-refractivity contribution < 1.29 is 18.3 Å². The van der Waals surface area contributed by atoms with E-state index in [0.717, 1.165) is 10.7 Å². The van der Waals surface area contributed by atoms with Crippen molar-refractivity contribution in [3.8, 4) is 0 Å². The molecule has 1 aliphatic carbocycles. The molecule has 2 rings (SSSR count). The van der Waals surface area contributed by atoms with Crippen LogP contribution in [0, 0.1) is 0 Å². The van der Waals surface area contributed by atoms with Gasteiger partial charge in [-0.2, -0.15) is 0 Å². The number of sulfone groups is 1. The molecule has 2 unspecified atom stereocenters. The summed E-state index contributed by atoms with van der Waals surface area (Å²) in [5.41, 5.74) is -0.840. The van der Waals surface area contributed by atoms with Crippen LogP contribution in [0.3, 0.4) is 0 Å². The molecule has 7 heteroatoms. The summed E-state index contributed by atoms with van der Waals surface area (Å²) in [5, 5.41) is 11.6. The van der Waals surface area contributed by atoms with Crippen LogP contribution >= 0.6 is 15.9 Å². The van der Waals surface area contributed by atoms with Gasteiger partial charge < -0.3 is 10.4 Å². The highest BCUT2D eigenvalue weighted by molar-refractivity contribution is 9.10. The fourth-order valence-electron chi connectivity index (χ4n) is 2.79. The first kappa shape index (κ1) is 15.3. The van der Waals surface area contributed by atoms with Crippen LogP contribution in [-0.2, 0) is 14.6 Å². The topological polar surface area (TPSA) is 83.5 Å². The van der Waals surface area contributed by atoms with Gasteiger partial charge in [-0.05, 0) is 43.5 Å². The first-order valence-corrected chi connectivity index (χ1v) is 8.96. The Morgan fingerprint density at radius 1 is 1.40 bits per heavy atom. The second-order valence-electron chi connectivity index (χ2n) is 5.12. The van der Waals surface area contributed by atoms with E-state index in [0.29, 0.717) is 24.9 Å². The highest BCUT2D eigenvalue weighted by Gasteiger charge is 2.54. The van der Waals surface area contributed by atoms with Gasteiger partial charge in [0.25, 0.3) is 0 Å². The van der Waals surface area contributed by atoms with E-state index in [1.807, 2.05) is 0 Å². The number of aliphatic carboxylic acids is 1. The number of anilines is 1. The maximum absolute atomic E-state index is 11.9. The third-order valence-electron chi connectivity index (χ3n) is 3.70. The summed E-state index contributed by atoms with van der Waals surface area (Å²) < 4.78 is 24.6. The first-order chi connectivity index (χ1) is 9.25.